The summed E-state index contributed by atoms with van der Waals surface area (Å²) >= 11 is 0. The Hall–Kier alpha value is -2.32. The van der Waals surface area contributed by atoms with E-state index in [1.165, 1.54) is 18.4 Å². The van der Waals surface area contributed by atoms with Crippen LogP contribution < -0.4 is 15.8 Å². The molecule has 0 bridgehead atoms. The van der Waals surface area contributed by atoms with Crippen molar-refractivity contribution in [2.45, 2.75) is 24.4 Å². The number of urea groups is 1. The van der Waals surface area contributed by atoms with Crippen molar-refractivity contribution in [1.82, 2.24) is 10.6 Å². The zero-order valence-corrected chi connectivity index (χ0v) is 12.8. The molecule has 2 rings (SSSR count). The fourth-order valence-corrected chi connectivity index (χ4v) is 2.44. The molecule has 0 saturated heterocycles. The lowest BCUT2D eigenvalue weighted by Gasteiger charge is -2.15. The molecule has 0 spiro atoms. The smallest absolute Gasteiger partial charge is 0.315 e. The van der Waals surface area contributed by atoms with Gasteiger partial charge < -0.3 is 15.1 Å². The highest BCUT2D eigenvalue weighted by atomic mass is 32.2. The summed E-state index contributed by atoms with van der Waals surface area (Å²) in [6.45, 7) is 2.01. The summed E-state index contributed by atoms with van der Waals surface area (Å²) in [6.07, 6.45) is 1.52. The molecule has 2 aromatic rings. The van der Waals surface area contributed by atoms with E-state index in [0.29, 0.717) is 11.3 Å². The SMILES string of the molecule is CC(NC(=O)NCc1ccco1)c1cccc(S(N)(=O)=O)c1. The topological polar surface area (TPSA) is 114 Å². The molecule has 1 heterocycles. The van der Waals surface area contributed by atoms with Crippen molar-refractivity contribution >= 4 is 16.1 Å². The Labute approximate surface area is 128 Å². The molecule has 4 N–H and O–H groups in total. The van der Waals surface area contributed by atoms with Crippen molar-refractivity contribution < 1.29 is 17.6 Å². The van der Waals surface area contributed by atoms with Crippen LogP contribution in [0.4, 0.5) is 4.79 Å². The number of nitrogens with one attached hydrogen (secondary N) is 2. The third-order valence-corrected chi connectivity index (χ3v) is 3.95. The van der Waals surface area contributed by atoms with Gasteiger partial charge in [-0.05, 0) is 36.8 Å². The van der Waals surface area contributed by atoms with E-state index in [4.69, 9.17) is 9.56 Å². The first-order valence-electron chi connectivity index (χ1n) is 6.56. The monoisotopic (exact) mass is 323 g/mol. The second-order valence-electron chi connectivity index (χ2n) is 4.75. The van der Waals surface area contributed by atoms with Crippen LogP contribution in [0.2, 0.25) is 0 Å². The van der Waals surface area contributed by atoms with Gasteiger partial charge in [-0.25, -0.2) is 18.4 Å². The van der Waals surface area contributed by atoms with Crippen LogP contribution >= 0.6 is 0 Å². The number of benzene rings is 1. The largest absolute Gasteiger partial charge is 0.467 e. The molecule has 0 aliphatic heterocycles. The quantitative estimate of drug-likeness (QED) is 0.773. The predicted octanol–water partition coefficient (Wildman–Crippen LogP) is 1.49. The van der Waals surface area contributed by atoms with Gasteiger partial charge in [-0.15, -0.1) is 0 Å². The van der Waals surface area contributed by atoms with E-state index in [2.05, 4.69) is 10.6 Å². The Morgan fingerprint density at radius 3 is 2.73 bits per heavy atom. The summed E-state index contributed by atoms with van der Waals surface area (Å²) in [5.74, 6) is 0.638. The molecule has 118 valence electrons. The molecule has 0 saturated carbocycles. The van der Waals surface area contributed by atoms with E-state index >= 15 is 0 Å². The zero-order chi connectivity index (χ0) is 16.2. The van der Waals surface area contributed by atoms with Gasteiger partial charge in [0.25, 0.3) is 0 Å². The van der Waals surface area contributed by atoms with Crippen molar-refractivity contribution in [3.8, 4) is 0 Å². The highest BCUT2D eigenvalue weighted by Crippen LogP contribution is 2.16. The highest BCUT2D eigenvalue weighted by molar-refractivity contribution is 7.89. The minimum absolute atomic E-state index is 0.00893. The fraction of sp³-hybridized carbons (Fsp3) is 0.214. The van der Waals surface area contributed by atoms with Crippen LogP contribution in [0.3, 0.4) is 0 Å². The molecule has 22 heavy (non-hydrogen) atoms. The highest BCUT2D eigenvalue weighted by Gasteiger charge is 2.13. The predicted molar refractivity (Wildman–Crippen MR) is 80.3 cm³/mol. The lowest BCUT2D eigenvalue weighted by Crippen LogP contribution is -2.36. The standard InChI is InChI=1S/C14H17N3O4S/c1-10(11-4-2-6-13(8-11)22(15,19)20)17-14(18)16-9-12-5-3-7-21-12/h2-8,10H,9H2,1H3,(H2,15,19,20)(H2,16,17,18). The summed E-state index contributed by atoms with van der Waals surface area (Å²) in [7, 11) is -3.77. The second kappa shape index (κ2) is 6.63. The maximum atomic E-state index is 11.8. The Balaban J connectivity index is 1.96. The molecule has 2 amide bonds. The van der Waals surface area contributed by atoms with E-state index < -0.39 is 10.0 Å². The van der Waals surface area contributed by atoms with Crippen LogP contribution in [0.5, 0.6) is 0 Å². The van der Waals surface area contributed by atoms with E-state index in [1.54, 1.807) is 31.2 Å². The molecule has 1 atom stereocenters. The number of carbonyl (C=O) groups excluding carboxylic acids is 1. The van der Waals surface area contributed by atoms with Gasteiger partial charge in [0.1, 0.15) is 5.76 Å². The minimum atomic E-state index is -3.77. The van der Waals surface area contributed by atoms with Crippen LogP contribution in [0, 0.1) is 0 Å². The molecule has 0 aliphatic carbocycles. The van der Waals surface area contributed by atoms with Crippen molar-refractivity contribution in [3.05, 3.63) is 54.0 Å². The van der Waals surface area contributed by atoms with Crippen molar-refractivity contribution in [2.75, 3.05) is 0 Å². The second-order valence-corrected chi connectivity index (χ2v) is 6.31. The molecule has 1 aromatic heterocycles. The number of hydrogen-bond donors (Lipinski definition) is 3. The van der Waals surface area contributed by atoms with Gasteiger partial charge in [0.2, 0.25) is 10.0 Å². The third-order valence-electron chi connectivity index (χ3n) is 3.04. The Bertz CT molecular complexity index is 741. The van der Waals surface area contributed by atoms with E-state index in [9.17, 15) is 13.2 Å². The number of amides is 2. The maximum Gasteiger partial charge on any atom is 0.315 e. The first kappa shape index (κ1) is 16.1. The minimum Gasteiger partial charge on any atom is -0.467 e. The van der Waals surface area contributed by atoms with Gasteiger partial charge in [0.15, 0.2) is 0 Å². The summed E-state index contributed by atoms with van der Waals surface area (Å²) in [6, 6.07) is 8.86. The molecule has 8 heteroatoms. The van der Waals surface area contributed by atoms with Crippen LogP contribution in [-0.4, -0.2) is 14.4 Å². The third kappa shape index (κ3) is 4.34. The van der Waals surface area contributed by atoms with Crippen LogP contribution in [-0.2, 0) is 16.6 Å². The van der Waals surface area contributed by atoms with Crippen molar-refractivity contribution in [1.29, 1.82) is 0 Å². The molecular formula is C14H17N3O4S. The van der Waals surface area contributed by atoms with Crippen molar-refractivity contribution in [2.24, 2.45) is 5.14 Å². The number of rotatable bonds is 5. The van der Waals surface area contributed by atoms with Crippen LogP contribution in [0.15, 0.2) is 52.0 Å². The molecule has 0 radical (unpaired) electrons. The Morgan fingerprint density at radius 1 is 1.32 bits per heavy atom. The lowest BCUT2D eigenvalue weighted by atomic mass is 10.1. The average molecular weight is 323 g/mol. The first-order valence-corrected chi connectivity index (χ1v) is 8.10. The van der Waals surface area contributed by atoms with Crippen molar-refractivity contribution in [3.63, 3.8) is 0 Å². The normalized spacial score (nSPS) is 12.6. The molecular weight excluding hydrogens is 306 g/mol. The molecule has 7 nitrogen and oxygen atoms in total. The maximum absolute atomic E-state index is 11.8. The fourth-order valence-electron chi connectivity index (χ4n) is 1.87. The molecule has 1 aromatic carbocycles. The molecule has 0 fully saturated rings. The number of hydrogen-bond acceptors (Lipinski definition) is 4. The summed E-state index contributed by atoms with van der Waals surface area (Å²) in [5.41, 5.74) is 0.639. The molecule has 1 unspecified atom stereocenters. The van der Waals surface area contributed by atoms with Gasteiger partial charge in [-0.2, -0.15) is 0 Å². The number of furan rings is 1. The summed E-state index contributed by atoms with van der Waals surface area (Å²) < 4.78 is 27.8. The van der Waals surface area contributed by atoms with E-state index in [0.717, 1.165) is 0 Å². The number of sulfonamides is 1. The van der Waals surface area contributed by atoms with E-state index in [1.807, 2.05) is 0 Å². The van der Waals surface area contributed by atoms with Crippen LogP contribution in [0.25, 0.3) is 0 Å². The Kier molecular flexibility index (Phi) is 4.84. The molecule has 0 aliphatic rings. The Morgan fingerprint density at radius 2 is 2.09 bits per heavy atom. The van der Waals surface area contributed by atoms with Gasteiger partial charge >= 0.3 is 6.03 Å². The van der Waals surface area contributed by atoms with Gasteiger partial charge in [-0.1, -0.05) is 12.1 Å². The average Bonchev–Trinajstić information content (AvgIpc) is 2.97. The number of primary sulfonamides is 1. The number of carbonyl (C=O) groups is 1. The first-order chi connectivity index (χ1) is 10.4. The number of nitrogens with two attached hydrogens (primary N) is 1. The lowest BCUT2D eigenvalue weighted by molar-refractivity contribution is 0.236. The van der Waals surface area contributed by atoms with Gasteiger partial charge in [0.05, 0.1) is 23.7 Å². The van der Waals surface area contributed by atoms with Gasteiger partial charge in [-0.3, -0.25) is 0 Å². The zero-order valence-electron chi connectivity index (χ0n) is 11.9. The van der Waals surface area contributed by atoms with E-state index in [-0.39, 0.29) is 23.5 Å². The summed E-state index contributed by atoms with van der Waals surface area (Å²) in [4.78, 5) is 11.8. The van der Waals surface area contributed by atoms with Gasteiger partial charge in [0, 0.05) is 0 Å². The summed E-state index contributed by atoms with van der Waals surface area (Å²) in [5, 5.41) is 10.4. The van der Waals surface area contributed by atoms with Crippen LogP contribution in [0.1, 0.15) is 24.3 Å².